The Morgan fingerprint density at radius 1 is 1.15 bits per heavy atom. The van der Waals surface area contributed by atoms with Crippen LogP contribution in [-0.2, 0) is 16.1 Å². The first kappa shape index (κ1) is 19.7. The number of rotatable bonds is 8. The molecule has 0 aliphatic heterocycles. The third-order valence-corrected chi connectivity index (χ3v) is 4.54. The summed E-state index contributed by atoms with van der Waals surface area (Å²) in [6.07, 6.45) is 0. The molecule has 0 bridgehead atoms. The maximum absolute atomic E-state index is 12.3. The van der Waals surface area contributed by atoms with Crippen molar-refractivity contribution < 1.29 is 23.8 Å². The standard InChI is InChI=1S/C18H22N2O5S/c1-20(10-12-6-5-7-14(23-2)16(12)24-3)11-15(21)19-13-8-9-26-17(13)18(22)25-4/h5-9H,10-11H2,1-4H3,(H,19,21). The number of thiophene rings is 1. The molecular formula is C18H22N2O5S. The first-order valence-corrected chi connectivity index (χ1v) is 8.72. The summed E-state index contributed by atoms with van der Waals surface area (Å²) in [5.41, 5.74) is 1.37. The van der Waals surface area contributed by atoms with Gasteiger partial charge in [0.05, 0.1) is 33.6 Å². The Hall–Kier alpha value is -2.58. The molecule has 2 rings (SSSR count). The second-order valence-corrected chi connectivity index (χ2v) is 6.44. The smallest absolute Gasteiger partial charge is 0.350 e. The van der Waals surface area contributed by atoms with Gasteiger partial charge < -0.3 is 19.5 Å². The lowest BCUT2D eigenvalue weighted by molar-refractivity contribution is -0.117. The highest BCUT2D eigenvalue weighted by Crippen LogP contribution is 2.31. The molecule has 140 valence electrons. The molecule has 0 spiro atoms. The molecule has 0 aliphatic carbocycles. The van der Waals surface area contributed by atoms with E-state index in [2.05, 4.69) is 5.32 Å². The van der Waals surface area contributed by atoms with Gasteiger partial charge in [-0.15, -0.1) is 11.3 Å². The molecule has 0 saturated heterocycles. The van der Waals surface area contributed by atoms with E-state index in [4.69, 9.17) is 14.2 Å². The van der Waals surface area contributed by atoms with Gasteiger partial charge in [-0.2, -0.15) is 0 Å². The van der Waals surface area contributed by atoms with Crippen LogP contribution >= 0.6 is 11.3 Å². The Balaban J connectivity index is 2.00. The van der Waals surface area contributed by atoms with E-state index in [9.17, 15) is 9.59 Å². The van der Waals surface area contributed by atoms with E-state index in [1.807, 2.05) is 30.1 Å². The highest BCUT2D eigenvalue weighted by Gasteiger charge is 2.17. The molecule has 26 heavy (non-hydrogen) atoms. The molecule has 7 nitrogen and oxygen atoms in total. The quantitative estimate of drug-likeness (QED) is 0.712. The minimum absolute atomic E-state index is 0.150. The van der Waals surface area contributed by atoms with Gasteiger partial charge in [0.15, 0.2) is 11.5 Å². The van der Waals surface area contributed by atoms with Crippen molar-refractivity contribution >= 4 is 28.9 Å². The fraction of sp³-hybridized carbons (Fsp3) is 0.333. The van der Waals surface area contributed by atoms with Crippen LogP contribution in [0.2, 0.25) is 0 Å². The zero-order valence-corrected chi connectivity index (χ0v) is 16.0. The number of amides is 1. The Kier molecular flexibility index (Phi) is 6.99. The third kappa shape index (κ3) is 4.74. The first-order valence-electron chi connectivity index (χ1n) is 7.84. The van der Waals surface area contributed by atoms with E-state index in [0.717, 1.165) is 5.56 Å². The summed E-state index contributed by atoms with van der Waals surface area (Å²) in [6.45, 7) is 0.651. The highest BCUT2D eigenvalue weighted by molar-refractivity contribution is 7.12. The number of carbonyl (C=O) groups is 2. The summed E-state index contributed by atoms with van der Waals surface area (Å²) in [6, 6.07) is 7.29. The zero-order valence-electron chi connectivity index (χ0n) is 15.2. The fourth-order valence-electron chi connectivity index (χ4n) is 2.52. The van der Waals surface area contributed by atoms with Gasteiger partial charge in [-0.05, 0) is 24.6 Å². The van der Waals surface area contributed by atoms with Gasteiger partial charge in [-0.1, -0.05) is 12.1 Å². The number of ether oxygens (including phenoxy) is 3. The number of benzene rings is 1. The Labute approximate surface area is 156 Å². The molecule has 8 heteroatoms. The van der Waals surface area contributed by atoms with Crippen LogP contribution in [-0.4, -0.2) is 51.7 Å². The highest BCUT2D eigenvalue weighted by atomic mass is 32.1. The van der Waals surface area contributed by atoms with Crippen molar-refractivity contribution in [3.8, 4) is 11.5 Å². The van der Waals surface area contributed by atoms with Crippen molar-refractivity contribution in [1.82, 2.24) is 4.90 Å². The molecule has 0 unspecified atom stereocenters. The molecule has 2 aromatic rings. The van der Waals surface area contributed by atoms with Crippen molar-refractivity contribution in [2.24, 2.45) is 0 Å². The molecule has 1 heterocycles. The Morgan fingerprint density at radius 2 is 1.92 bits per heavy atom. The number of hydrogen-bond donors (Lipinski definition) is 1. The van der Waals surface area contributed by atoms with Crippen LogP contribution < -0.4 is 14.8 Å². The summed E-state index contributed by atoms with van der Waals surface area (Å²) in [5, 5.41) is 4.48. The lowest BCUT2D eigenvalue weighted by Crippen LogP contribution is -2.30. The summed E-state index contributed by atoms with van der Waals surface area (Å²) >= 11 is 1.22. The second-order valence-electron chi connectivity index (χ2n) is 5.53. The van der Waals surface area contributed by atoms with Gasteiger partial charge in [0.1, 0.15) is 4.88 Å². The number of para-hydroxylation sites is 1. The molecule has 0 aliphatic rings. The van der Waals surface area contributed by atoms with Crippen LogP contribution in [0.5, 0.6) is 11.5 Å². The normalized spacial score (nSPS) is 10.5. The first-order chi connectivity index (χ1) is 12.5. The number of anilines is 1. The third-order valence-electron chi connectivity index (χ3n) is 3.65. The number of methoxy groups -OCH3 is 3. The second kappa shape index (κ2) is 9.21. The molecule has 1 N–H and O–H groups in total. The van der Waals surface area contributed by atoms with E-state index < -0.39 is 5.97 Å². The van der Waals surface area contributed by atoms with Crippen molar-refractivity contribution in [3.05, 3.63) is 40.1 Å². The SMILES string of the molecule is COC(=O)c1sccc1NC(=O)CN(C)Cc1cccc(OC)c1OC. The average Bonchev–Trinajstić information content (AvgIpc) is 3.08. The minimum atomic E-state index is -0.468. The predicted octanol–water partition coefficient (Wildman–Crippen LogP) is 2.62. The topological polar surface area (TPSA) is 77.1 Å². The van der Waals surface area contributed by atoms with Crippen LogP contribution in [0.1, 0.15) is 15.2 Å². The minimum Gasteiger partial charge on any atom is -0.493 e. The number of hydrogen-bond acceptors (Lipinski definition) is 7. The maximum Gasteiger partial charge on any atom is 0.350 e. The van der Waals surface area contributed by atoms with Gasteiger partial charge in [0, 0.05) is 12.1 Å². The van der Waals surface area contributed by atoms with Gasteiger partial charge in [-0.25, -0.2) is 4.79 Å². The summed E-state index contributed by atoms with van der Waals surface area (Å²) < 4.78 is 15.4. The summed E-state index contributed by atoms with van der Waals surface area (Å²) in [4.78, 5) is 26.2. The summed E-state index contributed by atoms with van der Waals surface area (Å²) in [5.74, 6) is 0.597. The van der Waals surface area contributed by atoms with E-state index in [1.165, 1.54) is 18.4 Å². The van der Waals surface area contributed by atoms with E-state index in [-0.39, 0.29) is 12.5 Å². The van der Waals surface area contributed by atoms with Crippen molar-refractivity contribution in [2.45, 2.75) is 6.54 Å². The number of nitrogens with one attached hydrogen (secondary N) is 1. The number of likely N-dealkylation sites (N-methyl/N-ethyl adjacent to an activating group) is 1. The summed E-state index contributed by atoms with van der Waals surface area (Å²) in [7, 11) is 6.30. The average molecular weight is 378 g/mol. The van der Waals surface area contributed by atoms with Crippen molar-refractivity contribution in [1.29, 1.82) is 0 Å². The number of nitrogens with zero attached hydrogens (tertiary/aromatic N) is 1. The van der Waals surface area contributed by atoms with Gasteiger partial charge in [-0.3, -0.25) is 9.69 Å². The molecule has 1 aromatic carbocycles. The zero-order chi connectivity index (χ0) is 19.1. The van der Waals surface area contributed by atoms with Crippen molar-refractivity contribution in [2.75, 3.05) is 40.2 Å². The predicted molar refractivity (Wildman–Crippen MR) is 100 cm³/mol. The van der Waals surface area contributed by atoms with Crippen LogP contribution in [0.25, 0.3) is 0 Å². The molecule has 1 aromatic heterocycles. The van der Waals surface area contributed by atoms with Crippen LogP contribution in [0.4, 0.5) is 5.69 Å². The largest absolute Gasteiger partial charge is 0.493 e. The van der Waals surface area contributed by atoms with Crippen LogP contribution in [0.15, 0.2) is 29.6 Å². The Bertz CT molecular complexity index is 775. The number of esters is 1. The van der Waals surface area contributed by atoms with Gasteiger partial charge in [0.25, 0.3) is 0 Å². The maximum atomic E-state index is 12.3. The van der Waals surface area contributed by atoms with Crippen LogP contribution in [0, 0.1) is 0 Å². The van der Waals surface area contributed by atoms with E-state index >= 15 is 0 Å². The van der Waals surface area contributed by atoms with Gasteiger partial charge in [0.2, 0.25) is 5.91 Å². The lowest BCUT2D eigenvalue weighted by Gasteiger charge is -2.19. The molecule has 0 atom stereocenters. The lowest BCUT2D eigenvalue weighted by atomic mass is 10.1. The van der Waals surface area contributed by atoms with E-state index in [0.29, 0.717) is 28.6 Å². The fourth-order valence-corrected chi connectivity index (χ4v) is 3.28. The Morgan fingerprint density at radius 3 is 2.58 bits per heavy atom. The van der Waals surface area contributed by atoms with Crippen LogP contribution in [0.3, 0.4) is 0 Å². The van der Waals surface area contributed by atoms with Gasteiger partial charge >= 0.3 is 5.97 Å². The van der Waals surface area contributed by atoms with Crippen molar-refractivity contribution in [3.63, 3.8) is 0 Å². The molecule has 0 fully saturated rings. The molecule has 0 saturated carbocycles. The number of carbonyl (C=O) groups excluding carboxylic acids is 2. The molecule has 1 amide bonds. The molecule has 0 radical (unpaired) electrons. The monoisotopic (exact) mass is 378 g/mol. The molecular weight excluding hydrogens is 356 g/mol. The van der Waals surface area contributed by atoms with E-state index in [1.54, 1.807) is 25.7 Å².